The Morgan fingerprint density at radius 3 is 1.50 bits per heavy atom. The van der Waals surface area contributed by atoms with Crippen molar-refractivity contribution in [2.45, 2.75) is 6.92 Å². The van der Waals surface area contributed by atoms with Crippen molar-refractivity contribution in [1.29, 1.82) is 0 Å². The van der Waals surface area contributed by atoms with Gasteiger partial charge in [-0.15, -0.1) is 0 Å². The summed E-state index contributed by atoms with van der Waals surface area (Å²) in [6, 6.07) is 7.86. The van der Waals surface area contributed by atoms with Crippen molar-refractivity contribution in [2.75, 3.05) is 0 Å². The molecule has 0 aliphatic carbocycles. The molecule has 0 radical (unpaired) electrons. The SMILES string of the molecule is C=CC(=O)Oc1cc(OC(=O)C=C)cc(C(C)=CC(=O)Oc2ccc(OC(=O)C=C)cc2OC(=O)C=C)c1. The maximum Gasteiger partial charge on any atom is 0.336 e. The number of rotatable bonds is 11. The first-order valence-electron chi connectivity index (χ1n) is 10.6. The van der Waals surface area contributed by atoms with E-state index in [2.05, 4.69) is 26.3 Å². The number of hydrogen-bond donors (Lipinski definition) is 0. The van der Waals surface area contributed by atoms with E-state index in [1.165, 1.54) is 36.4 Å². The highest BCUT2D eigenvalue weighted by Gasteiger charge is 2.16. The van der Waals surface area contributed by atoms with E-state index >= 15 is 0 Å². The molecule has 2 aromatic rings. The summed E-state index contributed by atoms with van der Waals surface area (Å²) in [4.78, 5) is 59.1. The zero-order chi connectivity index (χ0) is 28.2. The molecule has 0 bridgehead atoms. The van der Waals surface area contributed by atoms with Crippen LogP contribution in [0.15, 0.2) is 93.1 Å². The van der Waals surface area contributed by atoms with Crippen molar-refractivity contribution in [2.24, 2.45) is 0 Å². The van der Waals surface area contributed by atoms with Crippen molar-refractivity contribution in [3.05, 3.63) is 98.7 Å². The Hall–Kier alpha value is -5.51. The fraction of sp³-hybridized carbons (Fsp3) is 0.0357. The molecule has 0 unspecified atom stereocenters. The molecule has 10 heteroatoms. The molecule has 0 amide bonds. The van der Waals surface area contributed by atoms with Crippen LogP contribution in [0, 0.1) is 0 Å². The molecular formula is C28H22O10. The first kappa shape index (κ1) is 28.7. The van der Waals surface area contributed by atoms with Gasteiger partial charge in [-0.3, -0.25) is 0 Å². The Balaban J connectivity index is 2.38. The topological polar surface area (TPSA) is 132 Å². The standard InChI is InChI=1S/C28H22O10/c1-6-24(29)34-19-10-11-22(23(16-19)38-27(32)9-4)37-28(33)12-17(5)18-13-20(35-25(30)7-2)15-21(14-18)36-26(31)8-3/h6-16H,1-4H2,5H3. The lowest BCUT2D eigenvalue weighted by Gasteiger charge is -2.11. The highest BCUT2D eigenvalue weighted by atomic mass is 16.6. The maximum atomic E-state index is 12.7. The average molecular weight is 518 g/mol. The van der Waals surface area contributed by atoms with E-state index < -0.39 is 29.8 Å². The largest absolute Gasteiger partial charge is 0.423 e. The lowest BCUT2D eigenvalue weighted by atomic mass is 10.1. The molecular weight excluding hydrogens is 496 g/mol. The lowest BCUT2D eigenvalue weighted by molar-refractivity contribution is -0.131. The molecule has 38 heavy (non-hydrogen) atoms. The predicted octanol–water partition coefficient (Wildman–Crippen LogP) is 4.06. The summed E-state index contributed by atoms with van der Waals surface area (Å²) in [6.45, 7) is 14.8. The van der Waals surface area contributed by atoms with E-state index in [-0.39, 0.29) is 28.7 Å². The lowest BCUT2D eigenvalue weighted by Crippen LogP contribution is -2.10. The Labute approximate surface area is 217 Å². The third-order valence-corrected chi connectivity index (χ3v) is 4.33. The number of esters is 5. The number of carbonyl (C=O) groups excluding carboxylic acids is 5. The van der Waals surface area contributed by atoms with Crippen LogP contribution >= 0.6 is 0 Å². The fourth-order valence-corrected chi connectivity index (χ4v) is 2.65. The molecule has 0 saturated carbocycles. The normalized spacial score (nSPS) is 10.3. The second kappa shape index (κ2) is 13.5. The first-order chi connectivity index (χ1) is 18.1. The van der Waals surface area contributed by atoms with Gasteiger partial charge in [0.2, 0.25) is 0 Å². The molecule has 0 aliphatic rings. The monoisotopic (exact) mass is 518 g/mol. The van der Waals surface area contributed by atoms with Gasteiger partial charge in [-0.2, -0.15) is 0 Å². The van der Waals surface area contributed by atoms with Gasteiger partial charge < -0.3 is 23.7 Å². The Morgan fingerprint density at radius 1 is 0.553 bits per heavy atom. The van der Waals surface area contributed by atoms with Gasteiger partial charge in [0.25, 0.3) is 0 Å². The number of benzene rings is 2. The molecule has 0 atom stereocenters. The summed E-state index contributed by atoms with van der Waals surface area (Å²) >= 11 is 0. The highest BCUT2D eigenvalue weighted by molar-refractivity contribution is 5.93. The molecule has 2 aromatic carbocycles. The Kier molecular flexibility index (Phi) is 10.2. The number of hydrogen-bond acceptors (Lipinski definition) is 10. The van der Waals surface area contributed by atoms with E-state index in [9.17, 15) is 24.0 Å². The van der Waals surface area contributed by atoms with Gasteiger partial charge >= 0.3 is 29.8 Å². The number of carbonyl (C=O) groups is 5. The summed E-state index contributed by atoms with van der Waals surface area (Å²) < 4.78 is 25.6. The van der Waals surface area contributed by atoms with Crippen LogP contribution in [0.4, 0.5) is 0 Å². The van der Waals surface area contributed by atoms with Crippen molar-refractivity contribution in [3.8, 4) is 28.7 Å². The average Bonchev–Trinajstić information content (AvgIpc) is 2.89. The highest BCUT2D eigenvalue weighted by Crippen LogP contribution is 2.33. The zero-order valence-electron chi connectivity index (χ0n) is 20.3. The minimum atomic E-state index is -0.882. The first-order valence-corrected chi connectivity index (χ1v) is 10.6. The molecule has 0 fully saturated rings. The van der Waals surface area contributed by atoms with E-state index in [4.69, 9.17) is 23.7 Å². The van der Waals surface area contributed by atoms with Crippen LogP contribution in [0.1, 0.15) is 12.5 Å². The van der Waals surface area contributed by atoms with Gasteiger partial charge in [0, 0.05) is 42.5 Å². The van der Waals surface area contributed by atoms with Crippen LogP contribution in [0.25, 0.3) is 5.57 Å². The molecule has 0 heterocycles. The predicted molar refractivity (Wildman–Crippen MR) is 135 cm³/mol. The number of allylic oxidation sites excluding steroid dienone is 1. The molecule has 10 nitrogen and oxygen atoms in total. The summed E-state index contributed by atoms with van der Waals surface area (Å²) in [7, 11) is 0. The molecule has 0 spiro atoms. The summed E-state index contributed by atoms with van der Waals surface area (Å²) in [5, 5.41) is 0. The van der Waals surface area contributed by atoms with Crippen LogP contribution in [0.2, 0.25) is 0 Å². The van der Waals surface area contributed by atoms with Gasteiger partial charge in [-0.25, -0.2) is 24.0 Å². The van der Waals surface area contributed by atoms with Gasteiger partial charge in [-0.1, -0.05) is 26.3 Å². The molecule has 0 aromatic heterocycles. The Morgan fingerprint density at radius 2 is 1.00 bits per heavy atom. The van der Waals surface area contributed by atoms with Crippen LogP contribution in [-0.4, -0.2) is 29.8 Å². The summed E-state index contributed by atoms with van der Waals surface area (Å²) in [5.41, 5.74) is 0.664. The summed E-state index contributed by atoms with van der Waals surface area (Å²) in [6.07, 6.45) is 4.82. The minimum Gasteiger partial charge on any atom is -0.423 e. The second-order valence-corrected chi connectivity index (χ2v) is 7.05. The van der Waals surface area contributed by atoms with Crippen molar-refractivity contribution >= 4 is 35.4 Å². The van der Waals surface area contributed by atoms with Crippen molar-refractivity contribution in [1.82, 2.24) is 0 Å². The molecule has 0 N–H and O–H groups in total. The second-order valence-electron chi connectivity index (χ2n) is 7.05. The zero-order valence-corrected chi connectivity index (χ0v) is 20.3. The van der Waals surface area contributed by atoms with Crippen LogP contribution < -0.4 is 23.7 Å². The van der Waals surface area contributed by atoms with E-state index in [0.29, 0.717) is 11.1 Å². The van der Waals surface area contributed by atoms with E-state index in [1.54, 1.807) is 6.92 Å². The summed E-state index contributed by atoms with van der Waals surface area (Å²) in [5.74, 6) is -4.36. The molecule has 0 aliphatic heterocycles. The van der Waals surface area contributed by atoms with E-state index in [1.807, 2.05) is 0 Å². The minimum absolute atomic E-state index is 0.000714. The van der Waals surface area contributed by atoms with Crippen LogP contribution in [-0.2, 0) is 24.0 Å². The van der Waals surface area contributed by atoms with E-state index in [0.717, 1.165) is 30.4 Å². The third-order valence-electron chi connectivity index (χ3n) is 4.33. The smallest absolute Gasteiger partial charge is 0.336 e. The van der Waals surface area contributed by atoms with Crippen LogP contribution in [0.5, 0.6) is 28.7 Å². The molecule has 2 rings (SSSR count). The van der Waals surface area contributed by atoms with Crippen LogP contribution in [0.3, 0.4) is 0 Å². The van der Waals surface area contributed by atoms with Gasteiger partial charge in [0.15, 0.2) is 11.5 Å². The third kappa shape index (κ3) is 8.61. The molecule has 0 saturated heterocycles. The van der Waals surface area contributed by atoms with Gasteiger partial charge in [-0.05, 0) is 42.3 Å². The Bertz CT molecular complexity index is 1320. The number of ether oxygens (including phenoxy) is 5. The quantitative estimate of drug-likeness (QED) is 0.244. The maximum absolute atomic E-state index is 12.7. The van der Waals surface area contributed by atoms with Gasteiger partial charge in [0.1, 0.15) is 17.2 Å². The van der Waals surface area contributed by atoms with Crippen molar-refractivity contribution < 1.29 is 47.7 Å². The van der Waals surface area contributed by atoms with Gasteiger partial charge in [0.05, 0.1) is 0 Å². The van der Waals surface area contributed by atoms with Crippen molar-refractivity contribution in [3.63, 3.8) is 0 Å². The molecule has 194 valence electrons. The fourth-order valence-electron chi connectivity index (χ4n) is 2.65.